The van der Waals surface area contributed by atoms with Crippen molar-refractivity contribution in [1.82, 2.24) is 19.4 Å². The zero-order valence-corrected chi connectivity index (χ0v) is 14.2. The van der Waals surface area contributed by atoms with Crippen LogP contribution in [0, 0.1) is 0 Å². The maximum atomic E-state index is 12.5. The molecule has 5 nitrogen and oxygen atoms in total. The number of aromatic nitrogens is 2. The molecule has 1 aliphatic carbocycles. The zero-order chi connectivity index (χ0) is 16.4. The number of aryl methyl sites for hydroxylation is 1. The molecule has 2 fully saturated rings. The van der Waals surface area contributed by atoms with Crippen molar-refractivity contribution < 1.29 is 4.79 Å². The van der Waals surface area contributed by atoms with Crippen molar-refractivity contribution in [2.45, 2.75) is 44.7 Å². The van der Waals surface area contributed by atoms with Gasteiger partial charge in [0.05, 0.1) is 17.4 Å². The van der Waals surface area contributed by atoms with Gasteiger partial charge in [-0.1, -0.05) is 25.0 Å². The summed E-state index contributed by atoms with van der Waals surface area (Å²) in [5.74, 6) is 0.277. The molecule has 1 saturated carbocycles. The van der Waals surface area contributed by atoms with Crippen LogP contribution in [0.3, 0.4) is 0 Å². The quantitative estimate of drug-likeness (QED) is 0.867. The van der Waals surface area contributed by atoms with Crippen LogP contribution in [-0.4, -0.2) is 57.5 Å². The van der Waals surface area contributed by atoms with E-state index in [1.807, 2.05) is 29.4 Å². The number of fused-ring (bicyclic) bond motifs is 1. The van der Waals surface area contributed by atoms with Gasteiger partial charge in [-0.15, -0.1) is 0 Å². The Bertz CT molecular complexity index is 696. The predicted molar refractivity (Wildman–Crippen MR) is 94.8 cm³/mol. The third kappa shape index (κ3) is 3.18. The van der Waals surface area contributed by atoms with Crippen molar-refractivity contribution in [2.75, 3.05) is 26.2 Å². The SMILES string of the molecule is O=C(CCn1cnc2ccccc21)N1CCN(C2CCCC2)CC1. The summed E-state index contributed by atoms with van der Waals surface area (Å²) in [6.45, 7) is 4.58. The minimum Gasteiger partial charge on any atom is -0.340 e. The Hall–Kier alpha value is -1.88. The van der Waals surface area contributed by atoms with E-state index in [0.29, 0.717) is 13.0 Å². The van der Waals surface area contributed by atoms with Gasteiger partial charge in [0.15, 0.2) is 0 Å². The first-order valence-electron chi connectivity index (χ1n) is 9.23. The fourth-order valence-corrected chi connectivity index (χ4v) is 4.17. The van der Waals surface area contributed by atoms with Crippen molar-refractivity contribution in [3.05, 3.63) is 30.6 Å². The standard InChI is InChI=1S/C19H26N4O/c24-19(9-10-23-15-20-17-7-3-4-8-18(17)23)22-13-11-21(12-14-22)16-5-1-2-6-16/h3-4,7-8,15-16H,1-2,5-6,9-14H2. The third-order valence-electron chi connectivity index (χ3n) is 5.60. The fraction of sp³-hybridized carbons (Fsp3) is 0.579. The molecule has 0 spiro atoms. The van der Waals surface area contributed by atoms with E-state index >= 15 is 0 Å². The average Bonchev–Trinajstić information content (AvgIpc) is 3.30. The summed E-state index contributed by atoms with van der Waals surface area (Å²) < 4.78 is 2.09. The topological polar surface area (TPSA) is 41.4 Å². The number of carbonyl (C=O) groups is 1. The number of carbonyl (C=O) groups excluding carboxylic acids is 1. The van der Waals surface area contributed by atoms with Crippen LogP contribution >= 0.6 is 0 Å². The van der Waals surface area contributed by atoms with Gasteiger partial charge in [-0.2, -0.15) is 0 Å². The molecular formula is C19H26N4O. The largest absolute Gasteiger partial charge is 0.340 e. The Morgan fingerprint density at radius 1 is 1.08 bits per heavy atom. The Balaban J connectivity index is 1.29. The number of hydrogen-bond donors (Lipinski definition) is 0. The molecule has 4 rings (SSSR count). The third-order valence-corrected chi connectivity index (χ3v) is 5.60. The second-order valence-corrected chi connectivity index (χ2v) is 7.03. The van der Waals surface area contributed by atoms with E-state index in [1.165, 1.54) is 25.7 Å². The van der Waals surface area contributed by atoms with Crippen LogP contribution in [0.1, 0.15) is 32.1 Å². The number of nitrogens with zero attached hydrogens (tertiary/aromatic N) is 4. The fourth-order valence-electron chi connectivity index (χ4n) is 4.17. The number of para-hydroxylation sites is 2. The predicted octanol–water partition coefficient (Wildman–Crippen LogP) is 2.51. The maximum Gasteiger partial charge on any atom is 0.224 e. The molecule has 0 atom stereocenters. The lowest BCUT2D eigenvalue weighted by Gasteiger charge is -2.38. The van der Waals surface area contributed by atoms with Crippen LogP contribution in [-0.2, 0) is 11.3 Å². The number of rotatable bonds is 4. The van der Waals surface area contributed by atoms with Gasteiger partial charge in [-0.25, -0.2) is 4.98 Å². The Kier molecular flexibility index (Phi) is 4.52. The second kappa shape index (κ2) is 6.93. The molecule has 1 aliphatic heterocycles. The maximum absolute atomic E-state index is 12.5. The first-order chi connectivity index (χ1) is 11.8. The monoisotopic (exact) mass is 326 g/mol. The lowest BCUT2D eigenvalue weighted by Crippen LogP contribution is -2.51. The normalized spacial score (nSPS) is 20.1. The van der Waals surface area contributed by atoms with Gasteiger partial charge in [0.2, 0.25) is 5.91 Å². The molecule has 1 amide bonds. The smallest absolute Gasteiger partial charge is 0.224 e. The van der Waals surface area contributed by atoms with Crippen LogP contribution < -0.4 is 0 Å². The van der Waals surface area contributed by atoms with E-state index in [9.17, 15) is 4.79 Å². The number of piperazine rings is 1. The molecule has 2 aliphatic rings. The van der Waals surface area contributed by atoms with Crippen LogP contribution in [0.25, 0.3) is 11.0 Å². The molecule has 1 aromatic carbocycles. The Labute approximate surface area is 143 Å². The first kappa shape index (κ1) is 15.6. The molecule has 0 bridgehead atoms. The molecule has 0 N–H and O–H groups in total. The minimum atomic E-state index is 0.277. The lowest BCUT2D eigenvalue weighted by molar-refractivity contribution is -0.133. The summed E-state index contributed by atoms with van der Waals surface area (Å²) >= 11 is 0. The van der Waals surface area contributed by atoms with Gasteiger partial charge < -0.3 is 9.47 Å². The van der Waals surface area contributed by atoms with Gasteiger partial charge in [0, 0.05) is 45.2 Å². The molecule has 2 heterocycles. The van der Waals surface area contributed by atoms with Crippen molar-refractivity contribution in [3.63, 3.8) is 0 Å². The van der Waals surface area contributed by atoms with E-state index in [0.717, 1.165) is 43.3 Å². The Morgan fingerprint density at radius 3 is 2.62 bits per heavy atom. The summed E-state index contributed by atoms with van der Waals surface area (Å²) in [7, 11) is 0. The highest BCUT2D eigenvalue weighted by Gasteiger charge is 2.27. The molecule has 0 radical (unpaired) electrons. The number of hydrogen-bond acceptors (Lipinski definition) is 3. The van der Waals surface area contributed by atoms with Crippen molar-refractivity contribution >= 4 is 16.9 Å². The lowest BCUT2D eigenvalue weighted by atomic mass is 10.1. The van der Waals surface area contributed by atoms with E-state index in [1.54, 1.807) is 0 Å². The minimum absolute atomic E-state index is 0.277. The number of imidazole rings is 1. The highest BCUT2D eigenvalue weighted by Crippen LogP contribution is 2.24. The number of benzene rings is 1. The van der Waals surface area contributed by atoms with Crippen molar-refractivity contribution in [2.24, 2.45) is 0 Å². The Morgan fingerprint density at radius 2 is 1.83 bits per heavy atom. The molecule has 0 unspecified atom stereocenters. The van der Waals surface area contributed by atoms with Gasteiger partial charge in [-0.05, 0) is 25.0 Å². The highest BCUT2D eigenvalue weighted by atomic mass is 16.2. The molecule has 2 aromatic rings. The highest BCUT2D eigenvalue weighted by molar-refractivity contribution is 5.77. The molecule has 24 heavy (non-hydrogen) atoms. The summed E-state index contributed by atoms with van der Waals surface area (Å²) in [5, 5.41) is 0. The summed E-state index contributed by atoms with van der Waals surface area (Å²) in [5.41, 5.74) is 2.10. The van der Waals surface area contributed by atoms with E-state index < -0.39 is 0 Å². The van der Waals surface area contributed by atoms with Crippen molar-refractivity contribution in [1.29, 1.82) is 0 Å². The zero-order valence-electron chi connectivity index (χ0n) is 14.2. The molecule has 1 saturated heterocycles. The van der Waals surface area contributed by atoms with Gasteiger partial charge >= 0.3 is 0 Å². The van der Waals surface area contributed by atoms with Gasteiger partial charge in [0.1, 0.15) is 0 Å². The summed E-state index contributed by atoms with van der Waals surface area (Å²) in [6.07, 6.45) is 7.86. The van der Waals surface area contributed by atoms with Crippen LogP contribution in [0.4, 0.5) is 0 Å². The first-order valence-corrected chi connectivity index (χ1v) is 9.23. The molecular weight excluding hydrogens is 300 g/mol. The van der Waals surface area contributed by atoms with E-state index in [4.69, 9.17) is 0 Å². The van der Waals surface area contributed by atoms with Crippen molar-refractivity contribution in [3.8, 4) is 0 Å². The van der Waals surface area contributed by atoms with Crippen LogP contribution in [0.15, 0.2) is 30.6 Å². The second-order valence-electron chi connectivity index (χ2n) is 7.03. The molecule has 1 aromatic heterocycles. The molecule has 5 heteroatoms. The molecule has 128 valence electrons. The number of amides is 1. The van der Waals surface area contributed by atoms with Gasteiger partial charge in [0.25, 0.3) is 0 Å². The van der Waals surface area contributed by atoms with E-state index in [-0.39, 0.29) is 5.91 Å². The summed E-state index contributed by atoms with van der Waals surface area (Å²) in [4.78, 5) is 21.6. The summed E-state index contributed by atoms with van der Waals surface area (Å²) in [6, 6.07) is 8.86. The van der Waals surface area contributed by atoms with E-state index in [2.05, 4.69) is 20.5 Å². The van der Waals surface area contributed by atoms with Crippen LogP contribution in [0.2, 0.25) is 0 Å². The van der Waals surface area contributed by atoms with Crippen LogP contribution in [0.5, 0.6) is 0 Å². The average molecular weight is 326 g/mol. The van der Waals surface area contributed by atoms with Gasteiger partial charge in [-0.3, -0.25) is 9.69 Å².